The molecular formula is C31H38O. The molecule has 3 aromatic rings. The van der Waals surface area contributed by atoms with Gasteiger partial charge in [-0.05, 0) is 134 Å². The lowest BCUT2D eigenvalue weighted by atomic mass is 9.86. The van der Waals surface area contributed by atoms with Gasteiger partial charge in [-0.2, -0.15) is 0 Å². The summed E-state index contributed by atoms with van der Waals surface area (Å²) < 4.78 is 6.16. The molecule has 0 bridgehead atoms. The molecule has 2 atom stereocenters. The van der Waals surface area contributed by atoms with Crippen LogP contribution in [0.2, 0.25) is 0 Å². The monoisotopic (exact) mass is 426 g/mol. The van der Waals surface area contributed by atoms with E-state index < -0.39 is 0 Å². The van der Waals surface area contributed by atoms with Crippen molar-refractivity contribution >= 4 is 0 Å². The normalized spacial score (nSPS) is 18.8. The van der Waals surface area contributed by atoms with Crippen LogP contribution in [0, 0.1) is 54.4 Å². The SMILES string of the molecule is Cc1cc(-c2c(C)cc(-c3c(C)cc(C4CCC(C)CO4)cc3C)cc2C)cc(C)c1C. The number of hydrogen-bond donors (Lipinski definition) is 0. The number of ether oxygens (including phenoxy) is 1. The van der Waals surface area contributed by atoms with Gasteiger partial charge in [-0.3, -0.25) is 0 Å². The molecule has 1 heterocycles. The van der Waals surface area contributed by atoms with Crippen molar-refractivity contribution in [2.24, 2.45) is 5.92 Å². The minimum Gasteiger partial charge on any atom is -0.373 e. The Bertz CT molecular complexity index is 1090. The van der Waals surface area contributed by atoms with Crippen molar-refractivity contribution in [2.75, 3.05) is 6.61 Å². The molecule has 1 aliphatic heterocycles. The van der Waals surface area contributed by atoms with Gasteiger partial charge in [-0.15, -0.1) is 0 Å². The Morgan fingerprint density at radius 1 is 0.594 bits per heavy atom. The van der Waals surface area contributed by atoms with E-state index in [2.05, 4.69) is 91.8 Å². The van der Waals surface area contributed by atoms with Crippen LogP contribution in [0.4, 0.5) is 0 Å². The van der Waals surface area contributed by atoms with Crippen LogP contribution >= 0.6 is 0 Å². The molecule has 1 fully saturated rings. The largest absolute Gasteiger partial charge is 0.373 e. The Morgan fingerprint density at radius 3 is 1.47 bits per heavy atom. The third-order valence-corrected chi connectivity index (χ3v) is 7.47. The molecule has 3 aromatic carbocycles. The summed E-state index contributed by atoms with van der Waals surface area (Å²) in [6, 6.07) is 14.1. The van der Waals surface area contributed by atoms with Crippen molar-refractivity contribution in [1.29, 1.82) is 0 Å². The molecule has 0 amide bonds. The molecule has 0 aliphatic carbocycles. The first-order valence-corrected chi connectivity index (χ1v) is 12.1. The third kappa shape index (κ3) is 4.28. The topological polar surface area (TPSA) is 9.23 Å². The number of aryl methyl sites for hydroxylation is 6. The van der Waals surface area contributed by atoms with E-state index in [0.29, 0.717) is 5.92 Å². The summed E-state index contributed by atoms with van der Waals surface area (Å²) >= 11 is 0. The van der Waals surface area contributed by atoms with E-state index in [1.165, 1.54) is 73.2 Å². The van der Waals surface area contributed by atoms with Gasteiger partial charge in [0.25, 0.3) is 0 Å². The Labute approximate surface area is 194 Å². The van der Waals surface area contributed by atoms with Gasteiger partial charge in [0.15, 0.2) is 0 Å². The van der Waals surface area contributed by atoms with Gasteiger partial charge in [0.2, 0.25) is 0 Å². The van der Waals surface area contributed by atoms with Crippen LogP contribution in [0.5, 0.6) is 0 Å². The highest BCUT2D eigenvalue weighted by Crippen LogP contribution is 2.38. The molecule has 1 aliphatic rings. The maximum absolute atomic E-state index is 6.16. The molecule has 0 aromatic heterocycles. The molecule has 0 spiro atoms. The number of hydrogen-bond acceptors (Lipinski definition) is 1. The molecule has 1 nitrogen and oxygen atoms in total. The maximum Gasteiger partial charge on any atom is 0.0825 e. The summed E-state index contributed by atoms with van der Waals surface area (Å²) in [5.41, 5.74) is 16.2. The van der Waals surface area contributed by atoms with E-state index in [4.69, 9.17) is 4.74 Å². The predicted molar refractivity (Wildman–Crippen MR) is 138 cm³/mol. The van der Waals surface area contributed by atoms with Gasteiger partial charge in [-0.25, -0.2) is 0 Å². The summed E-state index contributed by atoms with van der Waals surface area (Å²) in [4.78, 5) is 0. The minimum absolute atomic E-state index is 0.247. The maximum atomic E-state index is 6.16. The van der Waals surface area contributed by atoms with Crippen LogP contribution < -0.4 is 0 Å². The highest BCUT2D eigenvalue weighted by molar-refractivity contribution is 5.80. The zero-order valence-corrected chi connectivity index (χ0v) is 21.1. The second-order valence-corrected chi connectivity index (χ2v) is 10.3. The summed E-state index contributed by atoms with van der Waals surface area (Å²) in [5, 5.41) is 0. The number of benzene rings is 3. The van der Waals surface area contributed by atoms with E-state index in [1.54, 1.807) is 0 Å². The average molecular weight is 427 g/mol. The molecule has 2 unspecified atom stereocenters. The first-order valence-electron chi connectivity index (χ1n) is 12.1. The fourth-order valence-electron chi connectivity index (χ4n) is 5.53. The van der Waals surface area contributed by atoms with E-state index in [0.717, 1.165) is 13.0 Å². The minimum atomic E-state index is 0.247. The first-order chi connectivity index (χ1) is 15.2. The van der Waals surface area contributed by atoms with Gasteiger partial charge >= 0.3 is 0 Å². The predicted octanol–water partition coefficient (Wildman–Crippen LogP) is 8.67. The quantitative estimate of drug-likeness (QED) is 0.407. The summed E-state index contributed by atoms with van der Waals surface area (Å²) in [6.07, 6.45) is 2.63. The molecule has 1 heteroatoms. The van der Waals surface area contributed by atoms with Crippen LogP contribution in [-0.4, -0.2) is 6.61 Å². The first kappa shape index (κ1) is 22.8. The van der Waals surface area contributed by atoms with Crippen LogP contribution in [-0.2, 0) is 4.74 Å². The van der Waals surface area contributed by atoms with Crippen LogP contribution in [0.15, 0.2) is 36.4 Å². The van der Waals surface area contributed by atoms with Crippen molar-refractivity contribution in [2.45, 2.75) is 74.3 Å². The molecule has 168 valence electrons. The highest BCUT2D eigenvalue weighted by atomic mass is 16.5. The summed E-state index contributed by atoms with van der Waals surface area (Å²) in [5.74, 6) is 0.679. The second-order valence-electron chi connectivity index (χ2n) is 10.3. The lowest BCUT2D eigenvalue weighted by Crippen LogP contribution is -2.18. The Morgan fingerprint density at radius 2 is 1.03 bits per heavy atom. The second kappa shape index (κ2) is 8.87. The fraction of sp³-hybridized carbons (Fsp3) is 0.419. The average Bonchev–Trinajstić information content (AvgIpc) is 2.71. The van der Waals surface area contributed by atoms with Crippen LogP contribution in [0.25, 0.3) is 22.3 Å². The van der Waals surface area contributed by atoms with Gasteiger partial charge < -0.3 is 4.74 Å². The van der Waals surface area contributed by atoms with Gasteiger partial charge in [-0.1, -0.05) is 43.3 Å². The van der Waals surface area contributed by atoms with Gasteiger partial charge in [0.1, 0.15) is 0 Å². The molecule has 1 saturated heterocycles. The molecule has 4 rings (SSSR count). The van der Waals surface area contributed by atoms with E-state index >= 15 is 0 Å². The number of rotatable bonds is 3. The van der Waals surface area contributed by atoms with Crippen molar-refractivity contribution in [3.63, 3.8) is 0 Å². The molecule has 32 heavy (non-hydrogen) atoms. The Balaban J connectivity index is 1.73. The third-order valence-electron chi connectivity index (χ3n) is 7.47. The van der Waals surface area contributed by atoms with Gasteiger partial charge in [0, 0.05) is 6.61 Å². The smallest absolute Gasteiger partial charge is 0.0825 e. The molecule has 0 radical (unpaired) electrons. The lowest BCUT2D eigenvalue weighted by Gasteiger charge is -2.28. The van der Waals surface area contributed by atoms with Crippen molar-refractivity contribution in [3.05, 3.63) is 80.9 Å². The van der Waals surface area contributed by atoms with Crippen molar-refractivity contribution in [1.82, 2.24) is 0 Å². The molecule has 0 saturated carbocycles. The van der Waals surface area contributed by atoms with Crippen LogP contribution in [0.1, 0.15) is 70.4 Å². The van der Waals surface area contributed by atoms with E-state index in [9.17, 15) is 0 Å². The van der Waals surface area contributed by atoms with E-state index in [-0.39, 0.29) is 6.10 Å². The molecular weight excluding hydrogens is 388 g/mol. The summed E-state index contributed by atoms with van der Waals surface area (Å²) in [7, 11) is 0. The standard InChI is InChI=1S/C31H38O/c1-18-9-10-29(32-17-18)26-13-21(4)30(22(5)14-26)28-15-23(6)31(24(7)16-28)27-11-19(2)25(8)20(3)12-27/h11-16,18,29H,9-10,17H2,1-8H3. The van der Waals surface area contributed by atoms with Crippen molar-refractivity contribution in [3.8, 4) is 22.3 Å². The Hall–Kier alpha value is -2.38. The fourth-order valence-corrected chi connectivity index (χ4v) is 5.53. The zero-order valence-electron chi connectivity index (χ0n) is 21.1. The lowest BCUT2D eigenvalue weighted by molar-refractivity contribution is -0.0124. The van der Waals surface area contributed by atoms with Gasteiger partial charge in [0.05, 0.1) is 6.10 Å². The van der Waals surface area contributed by atoms with Crippen LogP contribution in [0.3, 0.4) is 0 Å². The summed E-state index contributed by atoms with van der Waals surface area (Å²) in [6.45, 7) is 18.8. The molecule has 0 N–H and O–H groups in total. The van der Waals surface area contributed by atoms with Crippen molar-refractivity contribution < 1.29 is 4.74 Å². The van der Waals surface area contributed by atoms with E-state index in [1.807, 2.05) is 0 Å². The highest BCUT2D eigenvalue weighted by Gasteiger charge is 2.22. The Kier molecular flexibility index (Phi) is 6.32. The zero-order chi connectivity index (χ0) is 23.2.